The maximum Gasteiger partial charge on any atom is 0.134 e. The summed E-state index contributed by atoms with van der Waals surface area (Å²) in [5.41, 5.74) is 0. The molecule has 3 rings (SSSR count). The van der Waals surface area contributed by atoms with Gasteiger partial charge in [-0.25, -0.2) is 4.98 Å². The van der Waals surface area contributed by atoms with Gasteiger partial charge in [0.2, 0.25) is 0 Å². The highest BCUT2D eigenvalue weighted by atomic mass is 16.3. The zero-order chi connectivity index (χ0) is 14.7. The van der Waals surface area contributed by atoms with E-state index < -0.39 is 0 Å². The molecule has 1 heterocycles. The molecule has 1 saturated carbocycles. The van der Waals surface area contributed by atoms with Crippen molar-refractivity contribution in [2.45, 2.75) is 51.5 Å². The molecule has 0 radical (unpaired) electrons. The fraction of sp³-hybridized carbons (Fsp3) is 0.500. The first-order chi connectivity index (χ1) is 10.3. The molecule has 112 valence electrons. The van der Waals surface area contributed by atoms with Crippen LogP contribution in [0.25, 0.3) is 10.8 Å². The molecule has 0 saturated heterocycles. The Balaban J connectivity index is 1.87. The maximum absolute atomic E-state index is 9.74. The normalized spacial score (nSPS) is 17.8. The Morgan fingerprint density at radius 1 is 1.24 bits per heavy atom. The summed E-state index contributed by atoms with van der Waals surface area (Å²) in [5, 5.41) is 15.5. The van der Waals surface area contributed by atoms with Crippen LogP contribution in [-0.2, 0) is 0 Å². The zero-order valence-corrected chi connectivity index (χ0v) is 12.7. The van der Waals surface area contributed by atoms with Gasteiger partial charge in [0.15, 0.2) is 0 Å². The molecular formula is C18H24N2O. The molecule has 2 aromatic rings. The fourth-order valence-corrected chi connectivity index (χ4v) is 3.54. The van der Waals surface area contributed by atoms with E-state index in [4.69, 9.17) is 0 Å². The first kappa shape index (κ1) is 14.2. The third kappa shape index (κ3) is 3.12. The summed E-state index contributed by atoms with van der Waals surface area (Å²) in [5.74, 6) is 1.95. The summed E-state index contributed by atoms with van der Waals surface area (Å²) in [7, 11) is 0. The van der Waals surface area contributed by atoms with Crippen LogP contribution in [0.1, 0.15) is 45.4 Å². The predicted octanol–water partition coefficient (Wildman–Crippen LogP) is 4.71. The van der Waals surface area contributed by atoms with Gasteiger partial charge in [-0.2, -0.15) is 0 Å². The molecule has 3 nitrogen and oxygen atoms in total. The van der Waals surface area contributed by atoms with E-state index in [0.717, 1.165) is 28.9 Å². The van der Waals surface area contributed by atoms with Crippen LogP contribution < -0.4 is 5.32 Å². The first-order valence-electron chi connectivity index (χ1n) is 8.12. The van der Waals surface area contributed by atoms with Crippen molar-refractivity contribution in [2.75, 3.05) is 5.32 Å². The SMILES string of the molecule is CCC(Nc1nccc2ccc(O)cc12)C1CCCCC1. The molecule has 1 unspecified atom stereocenters. The molecule has 1 atom stereocenters. The summed E-state index contributed by atoms with van der Waals surface area (Å²) in [6.45, 7) is 2.24. The van der Waals surface area contributed by atoms with Gasteiger partial charge in [-0.15, -0.1) is 0 Å². The van der Waals surface area contributed by atoms with Crippen LogP contribution in [0, 0.1) is 5.92 Å². The van der Waals surface area contributed by atoms with Crippen LogP contribution in [0.2, 0.25) is 0 Å². The van der Waals surface area contributed by atoms with E-state index in [1.54, 1.807) is 12.1 Å². The predicted molar refractivity (Wildman–Crippen MR) is 87.7 cm³/mol. The molecule has 0 aliphatic heterocycles. The third-order valence-corrected chi connectivity index (χ3v) is 4.73. The number of aromatic hydroxyl groups is 1. The second-order valence-electron chi connectivity index (χ2n) is 6.12. The molecule has 0 spiro atoms. The van der Waals surface area contributed by atoms with Crippen molar-refractivity contribution >= 4 is 16.6 Å². The van der Waals surface area contributed by atoms with E-state index in [2.05, 4.69) is 17.2 Å². The van der Waals surface area contributed by atoms with Gasteiger partial charge in [-0.3, -0.25) is 0 Å². The Morgan fingerprint density at radius 2 is 2.05 bits per heavy atom. The fourth-order valence-electron chi connectivity index (χ4n) is 3.54. The van der Waals surface area contributed by atoms with Gasteiger partial charge in [-0.1, -0.05) is 32.3 Å². The van der Waals surface area contributed by atoms with E-state index in [9.17, 15) is 5.11 Å². The van der Waals surface area contributed by atoms with Gasteiger partial charge in [0.25, 0.3) is 0 Å². The Kier molecular flexibility index (Phi) is 4.28. The number of nitrogens with zero attached hydrogens (tertiary/aromatic N) is 1. The van der Waals surface area contributed by atoms with Crippen LogP contribution in [0.3, 0.4) is 0 Å². The maximum atomic E-state index is 9.74. The number of anilines is 1. The van der Waals surface area contributed by atoms with Crippen molar-refractivity contribution in [3.8, 4) is 5.75 Å². The molecule has 0 amide bonds. The smallest absolute Gasteiger partial charge is 0.134 e. The lowest BCUT2D eigenvalue weighted by molar-refractivity contribution is 0.313. The first-order valence-corrected chi connectivity index (χ1v) is 8.12. The molecule has 1 aromatic heterocycles. The molecule has 1 aromatic carbocycles. The Labute approximate surface area is 126 Å². The van der Waals surface area contributed by atoms with Gasteiger partial charge in [0.1, 0.15) is 11.6 Å². The third-order valence-electron chi connectivity index (χ3n) is 4.73. The molecule has 1 aliphatic carbocycles. The number of benzene rings is 1. The lowest BCUT2D eigenvalue weighted by Gasteiger charge is -2.31. The van der Waals surface area contributed by atoms with Crippen LogP contribution in [0.5, 0.6) is 5.75 Å². The number of pyridine rings is 1. The number of fused-ring (bicyclic) bond motifs is 1. The monoisotopic (exact) mass is 284 g/mol. The molecule has 21 heavy (non-hydrogen) atoms. The Hall–Kier alpha value is -1.77. The number of rotatable bonds is 4. The number of nitrogens with one attached hydrogen (secondary N) is 1. The van der Waals surface area contributed by atoms with Crippen LogP contribution in [-0.4, -0.2) is 16.1 Å². The van der Waals surface area contributed by atoms with Crippen molar-refractivity contribution in [2.24, 2.45) is 5.92 Å². The summed E-state index contributed by atoms with van der Waals surface area (Å²) in [6.07, 6.45) is 9.69. The van der Waals surface area contributed by atoms with Gasteiger partial charge in [0.05, 0.1) is 0 Å². The molecule has 2 N–H and O–H groups in total. The molecule has 1 fully saturated rings. The number of hydrogen-bond donors (Lipinski definition) is 2. The Morgan fingerprint density at radius 3 is 2.81 bits per heavy atom. The van der Waals surface area contributed by atoms with E-state index in [-0.39, 0.29) is 0 Å². The minimum absolute atomic E-state index is 0.296. The lowest BCUT2D eigenvalue weighted by atomic mass is 9.83. The average molecular weight is 284 g/mol. The number of phenols is 1. The Bertz CT molecular complexity index is 605. The van der Waals surface area contributed by atoms with Gasteiger partial charge >= 0.3 is 0 Å². The van der Waals surface area contributed by atoms with E-state index >= 15 is 0 Å². The standard InChI is InChI=1S/C18H24N2O/c1-2-17(14-6-4-3-5-7-14)20-18-16-12-15(21)9-8-13(16)10-11-19-18/h8-12,14,17,21H,2-7H2,1H3,(H,19,20). The molecule has 3 heteroatoms. The van der Waals surface area contributed by atoms with Crippen molar-refractivity contribution in [1.29, 1.82) is 0 Å². The van der Waals surface area contributed by atoms with Gasteiger partial charge in [0, 0.05) is 17.6 Å². The highest BCUT2D eigenvalue weighted by molar-refractivity contribution is 5.92. The number of phenolic OH excluding ortho intramolecular Hbond substituents is 1. The van der Waals surface area contributed by atoms with Crippen molar-refractivity contribution in [3.63, 3.8) is 0 Å². The van der Waals surface area contributed by atoms with Crippen LogP contribution >= 0.6 is 0 Å². The summed E-state index contributed by atoms with van der Waals surface area (Å²) in [4.78, 5) is 4.51. The van der Waals surface area contributed by atoms with Crippen LogP contribution in [0.15, 0.2) is 30.5 Å². The van der Waals surface area contributed by atoms with Crippen LogP contribution in [0.4, 0.5) is 5.82 Å². The molecule has 0 bridgehead atoms. The minimum Gasteiger partial charge on any atom is -0.508 e. The van der Waals surface area contributed by atoms with Crippen molar-refractivity contribution < 1.29 is 5.11 Å². The summed E-state index contributed by atoms with van der Waals surface area (Å²) < 4.78 is 0. The summed E-state index contributed by atoms with van der Waals surface area (Å²) in [6, 6.07) is 7.94. The summed E-state index contributed by atoms with van der Waals surface area (Å²) >= 11 is 0. The van der Waals surface area contributed by atoms with E-state index in [1.165, 1.54) is 32.1 Å². The highest BCUT2D eigenvalue weighted by Crippen LogP contribution is 2.31. The topological polar surface area (TPSA) is 45.2 Å². The average Bonchev–Trinajstić information content (AvgIpc) is 2.53. The van der Waals surface area contributed by atoms with Crippen molar-refractivity contribution in [3.05, 3.63) is 30.5 Å². The number of hydrogen-bond acceptors (Lipinski definition) is 3. The molecule has 1 aliphatic rings. The highest BCUT2D eigenvalue weighted by Gasteiger charge is 2.22. The van der Waals surface area contributed by atoms with Crippen molar-refractivity contribution in [1.82, 2.24) is 4.98 Å². The van der Waals surface area contributed by atoms with E-state index in [1.807, 2.05) is 18.3 Å². The zero-order valence-electron chi connectivity index (χ0n) is 12.7. The number of aromatic nitrogens is 1. The second-order valence-corrected chi connectivity index (χ2v) is 6.12. The lowest BCUT2D eigenvalue weighted by Crippen LogP contribution is -2.30. The quantitative estimate of drug-likeness (QED) is 0.854. The van der Waals surface area contributed by atoms with E-state index in [0.29, 0.717) is 11.8 Å². The van der Waals surface area contributed by atoms with Gasteiger partial charge in [-0.05, 0) is 48.8 Å². The second kappa shape index (κ2) is 6.33. The molecular weight excluding hydrogens is 260 g/mol. The minimum atomic E-state index is 0.296. The van der Waals surface area contributed by atoms with Gasteiger partial charge < -0.3 is 10.4 Å². The largest absolute Gasteiger partial charge is 0.508 e.